The molecule has 3 aliphatic heterocycles. The number of hydrogen-bond donors (Lipinski definition) is 1. The minimum Gasteiger partial charge on any atom is -0.385 e. The summed E-state index contributed by atoms with van der Waals surface area (Å²) in [6.07, 6.45) is 0.522. The van der Waals surface area contributed by atoms with Gasteiger partial charge in [-0.05, 0) is 50.6 Å². The Labute approximate surface area is 185 Å². The van der Waals surface area contributed by atoms with Crippen LogP contribution in [0.5, 0.6) is 0 Å². The van der Waals surface area contributed by atoms with Crippen LogP contribution in [0.25, 0.3) is 0 Å². The summed E-state index contributed by atoms with van der Waals surface area (Å²) in [4.78, 5) is 21.9. The lowest BCUT2D eigenvalue weighted by Crippen LogP contribution is -2.58. The Balaban J connectivity index is 1.53. The lowest BCUT2D eigenvalue weighted by molar-refractivity contribution is 0.0551. The quantitative estimate of drug-likeness (QED) is 0.755. The third-order valence-electron chi connectivity index (χ3n) is 6.56. The van der Waals surface area contributed by atoms with E-state index in [4.69, 9.17) is 21.3 Å². The van der Waals surface area contributed by atoms with Gasteiger partial charge >= 0.3 is 0 Å². The highest BCUT2D eigenvalue weighted by atomic mass is 35.5. The van der Waals surface area contributed by atoms with E-state index in [2.05, 4.69) is 11.9 Å². The molecule has 6 nitrogen and oxygen atoms in total. The Kier molecular flexibility index (Phi) is 4.71. The summed E-state index contributed by atoms with van der Waals surface area (Å²) in [7, 11) is 0. The third kappa shape index (κ3) is 3.10. The molecule has 162 valence electrons. The van der Waals surface area contributed by atoms with Gasteiger partial charge in [0.05, 0.1) is 34.5 Å². The second-order valence-corrected chi connectivity index (χ2v) is 9.05. The molecule has 31 heavy (non-hydrogen) atoms. The summed E-state index contributed by atoms with van der Waals surface area (Å²) in [5.74, 6) is -0.586. The zero-order valence-corrected chi connectivity index (χ0v) is 18.2. The van der Waals surface area contributed by atoms with Crippen molar-refractivity contribution in [1.29, 1.82) is 0 Å². The predicted octanol–water partition coefficient (Wildman–Crippen LogP) is 4.19. The van der Waals surface area contributed by atoms with Crippen LogP contribution in [0, 0.1) is 5.82 Å². The fraction of sp³-hybridized carbons (Fsp3) is 0.391. The highest BCUT2D eigenvalue weighted by Gasteiger charge is 2.45. The Hall–Kier alpha value is -2.64. The number of fused-ring (bicyclic) bond motifs is 3. The molecule has 2 saturated heterocycles. The zero-order valence-electron chi connectivity index (χ0n) is 17.5. The van der Waals surface area contributed by atoms with E-state index in [-0.39, 0.29) is 23.1 Å². The number of aromatic nitrogens is 1. The maximum absolute atomic E-state index is 14.2. The van der Waals surface area contributed by atoms with Crippen molar-refractivity contribution in [2.24, 2.45) is 0 Å². The van der Waals surface area contributed by atoms with Crippen molar-refractivity contribution in [2.45, 2.75) is 38.0 Å². The number of nitrogens with one attached hydrogen (secondary N) is 1. The molecule has 2 aromatic rings. The highest BCUT2D eigenvalue weighted by molar-refractivity contribution is 6.30. The second-order valence-electron chi connectivity index (χ2n) is 8.65. The second kappa shape index (κ2) is 7.21. The van der Waals surface area contributed by atoms with Crippen LogP contribution in [0.4, 0.5) is 15.8 Å². The van der Waals surface area contributed by atoms with Gasteiger partial charge in [-0.1, -0.05) is 18.2 Å². The number of hydrogen-bond acceptors (Lipinski definition) is 5. The number of halogens is 2. The van der Waals surface area contributed by atoms with Gasteiger partial charge in [0.25, 0.3) is 5.91 Å². The van der Waals surface area contributed by atoms with E-state index in [1.165, 1.54) is 6.07 Å². The molecule has 2 atom stereocenters. The number of pyridine rings is 1. The lowest BCUT2D eigenvalue weighted by atomic mass is 9.95. The van der Waals surface area contributed by atoms with E-state index in [0.717, 1.165) is 23.5 Å². The van der Waals surface area contributed by atoms with Crippen LogP contribution in [0.3, 0.4) is 0 Å². The monoisotopic (exact) mass is 442 g/mol. The molecule has 2 fully saturated rings. The van der Waals surface area contributed by atoms with Gasteiger partial charge in [0.1, 0.15) is 17.7 Å². The third-order valence-corrected chi connectivity index (χ3v) is 6.87. The van der Waals surface area contributed by atoms with E-state index in [1.54, 1.807) is 18.2 Å². The first-order valence-electron chi connectivity index (χ1n) is 10.4. The Bertz CT molecular complexity index is 1090. The minimum absolute atomic E-state index is 0.0208. The average molecular weight is 443 g/mol. The maximum Gasteiger partial charge on any atom is 0.273 e. The van der Waals surface area contributed by atoms with Crippen molar-refractivity contribution in [3.63, 3.8) is 0 Å². The molecule has 1 aromatic heterocycles. The van der Waals surface area contributed by atoms with Crippen LogP contribution >= 0.6 is 11.6 Å². The standard InChI is InChI=1S/C23H24ClFN4O2/c1-13-23(2,3)28(10-9-26-13)21(30)18-6-7-19-20(27-18)15-8-11-31-22(15)29(19)14-4-5-16(24)17(25)12-14/h4-7,12,15,22,26H,1,8-11H2,2-3H3/t15-,22-/m0/s1. The summed E-state index contributed by atoms with van der Waals surface area (Å²) in [5, 5.41) is 3.32. The maximum atomic E-state index is 14.2. The fourth-order valence-electron chi connectivity index (χ4n) is 4.69. The van der Waals surface area contributed by atoms with Crippen LogP contribution in [0.1, 0.15) is 42.4 Å². The van der Waals surface area contributed by atoms with Gasteiger partial charge in [0.2, 0.25) is 0 Å². The Morgan fingerprint density at radius 3 is 2.94 bits per heavy atom. The molecule has 0 aliphatic carbocycles. The molecule has 1 amide bonds. The Morgan fingerprint density at radius 2 is 2.16 bits per heavy atom. The smallest absolute Gasteiger partial charge is 0.273 e. The summed E-state index contributed by atoms with van der Waals surface area (Å²) < 4.78 is 20.1. The molecule has 1 aromatic carbocycles. The van der Waals surface area contributed by atoms with Crippen LogP contribution in [-0.4, -0.2) is 47.3 Å². The number of anilines is 2. The van der Waals surface area contributed by atoms with Crippen molar-refractivity contribution in [3.05, 3.63) is 64.8 Å². The summed E-state index contributed by atoms with van der Waals surface area (Å²) in [5.41, 5.74) is 3.00. The summed E-state index contributed by atoms with van der Waals surface area (Å²) >= 11 is 5.87. The molecular formula is C23H24ClFN4O2. The van der Waals surface area contributed by atoms with Gasteiger partial charge in [0, 0.05) is 24.5 Å². The molecule has 4 heterocycles. The molecule has 3 aliphatic rings. The number of ether oxygens (including phenoxy) is 1. The molecule has 5 rings (SSSR count). The summed E-state index contributed by atoms with van der Waals surface area (Å²) in [6, 6.07) is 8.34. The van der Waals surface area contributed by atoms with Gasteiger partial charge in [-0.25, -0.2) is 9.37 Å². The SMILES string of the molecule is C=C1NCCN(C(=O)c2ccc3c(n2)[C@@H]2CCO[C@@H]2N3c2ccc(Cl)c(F)c2)C1(C)C. The average Bonchev–Trinajstić information content (AvgIpc) is 3.32. The van der Waals surface area contributed by atoms with E-state index < -0.39 is 11.4 Å². The van der Waals surface area contributed by atoms with Gasteiger partial charge in [-0.15, -0.1) is 0 Å². The molecule has 0 radical (unpaired) electrons. The molecule has 0 unspecified atom stereocenters. The molecule has 1 N–H and O–H groups in total. The molecule has 0 saturated carbocycles. The van der Waals surface area contributed by atoms with Crippen molar-refractivity contribution in [3.8, 4) is 0 Å². The first-order chi connectivity index (χ1) is 14.8. The fourth-order valence-corrected chi connectivity index (χ4v) is 4.81. The van der Waals surface area contributed by atoms with Crippen molar-refractivity contribution >= 4 is 28.9 Å². The number of piperazine rings is 1. The highest BCUT2D eigenvalue weighted by Crippen LogP contribution is 2.49. The van der Waals surface area contributed by atoms with E-state index >= 15 is 0 Å². The zero-order chi connectivity index (χ0) is 21.9. The molecule has 0 spiro atoms. The number of carbonyl (C=O) groups excluding carboxylic acids is 1. The van der Waals surface area contributed by atoms with Crippen LogP contribution in [0.15, 0.2) is 42.6 Å². The molecule has 8 heteroatoms. The van der Waals surface area contributed by atoms with Crippen LogP contribution < -0.4 is 10.2 Å². The van der Waals surface area contributed by atoms with Crippen molar-refractivity contribution in [1.82, 2.24) is 15.2 Å². The van der Waals surface area contributed by atoms with Gasteiger partial charge in [0.15, 0.2) is 0 Å². The number of carbonyl (C=O) groups is 1. The molecule has 0 bridgehead atoms. The largest absolute Gasteiger partial charge is 0.385 e. The van der Waals surface area contributed by atoms with Gasteiger partial charge in [-0.3, -0.25) is 4.79 Å². The van der Waals surface area contributed by atoms with E-state index in [0.29, 0.717) is 31.1 Å². The van der Waals surface area contributed by atoms with Crippen molar-refractivity contribution < 1.29 is 13.9 Å². The van der Waals surface area contributed by atoms with Crippen LogP contribution in [-0.2, 0) is 4.74 Å². The Morgan fingerprint density at radius 1 is 1.35 bits per heavy atom. The number of benzene rings is 1. The first kappa shape index (κ1) is 20.3. The normalized spacial score (nSPS) is 24.1. The van der Waals surface area contributed by atoms with Crippen molar-refractivity contribution in [2.75, 3.05) is 24.6 Å². The minimum atomic E-state index is -0.512. The van der Waals surface area contributed by atoms with Gasteiger partial charge in [-0.2, -0.15) is 0 Å². The number of rotatable bonds is 2. The lowest BCUT2D eigenvalue weighted by Gasteiger charge is -2.44. The van der Waals surface area contributed by atoms with E-state index in [1.807, 2.05) is 29.7 Å². The number of nitrogens with zero attached hydrogens (tertiary/aromatic N) is 3. The summed E-state index contributed by atoms with van der Waals surface area (Å²) in [6.45, 7) is 9.84. The number of amides is 1. The molecular weight excluding hydrogens is 419 g/mol. The van der Waals surface area contributed by atoms with E-state index in [9.17, 15) is 9.18 Å². The predicted molar refractivity (Wildman–Crippen MR) is 117 cm³/mol. The van der Waals surface area contributed by atoms with Crippen LogP contribution in [0.2, 0.25) is 5.02 Å². The first-order valence-corrected chi connectivity index (χ1v) is 10.8. The topological polar surface area (TPSA) is 57.7 Å². The van der Waals surface area contributed by atoms with Gasteiger partial charge < -0.3 is 19.9 Å².